The van der Waals surface area contributed by atoms with Crippen molar-refractivity contribution in [1.29, 1.82) is 0 Å². The molecule has 3 aliphatic rings. The molecule has 238 valence electrons. The Morgan fingerprint density at radius 3 is 1.27 bits per heavy atom. The maximum absolute atomic E-state index is 11.6. The quantitative estimate of drug-likeness (QED) is 0.0506. The zero-order valence-corrected chi connectivity index (χ0v) is 27.2. The second kappa shape index (κ2) is 21.8. The Kier molecular flexibility index (Phi) is 18.4. The van der Waals surface area contributed by atoms with Crippen molar-refractivity contribution in [2.24, 2.45) is 0 Å². The topological polar surface area (TPSA) is 51.4 Å². The highest BCUT2D eigenvalue weighted by Crippen LogP contribution is 2.37. The number of carbonyl (C=O) groups is 1. The number of rotatable bonds is 29. The van der Waals surface area contributed by atoms with Gasteiger partial charge in [0.2, 0.25) is 0 Å². The van der Waals surface area contributed by atoms with Crippen LogP contribution in [0.25, 0.3) is 0 Å². The molecule has 0 N–H and O–H groups in total. The van der Waals surface area contributed by atoms with Gasteiger partial charge in [0.05, 0.1) is 24.4 Å². The van der Waals surface area contributed by atoms with Crippen molar-refractivity contribution in [3.8, 4) is 0 Å². The molecule has 3 aliphatic heterocycles. The van der Waals surface area contributed by atoms with Gasteiger partial charge in [-0.1, -0.05) is 142 Å². The monoisotopic (exact) mass is 574 g/mol. The summed E-state index contributed by atoms with van der Waals surface area (Å²) in [6, 6.07) is 0. The van der Waals surface area contributed by atoms with Crippen molar-refractivity contribution in [3.63, 3.8) is 0 Å². The lowest BCUT2D eigenvalue weighted by molar-refractivity contribution is -0.139. The van der Waals surface area contributed by atoms with Gasteiger partial charge >= 0.3 is 5.97 Å². The summed E-state index contributed by atoms with van der Waals surface area (Å²) in [6.45, 7) is 4.22. The first-order valence-corrected chi connectivity index (χ1v) is 18.4. The Labute approximate surface area is 254 Å². The number of carbonyl (C=O) groups excluding carboxylic acids is 1. The van der Waals surface area contributed by atoms with Crippen LogP contribution >= 0.6 is 0 Å². The van der Waals surface area contributed by atoms with E-state index in [0.29, 0.717) is 24.4 Å². The van der Waals surface area contributed by atoms with Gasteiger partial charge in [0.25, 0.3) is 0 Å². The highest BCUT2D eigenvalue weighted by Gasteiger charge is 2.42. The third kappa shape index (κ3) is 16.5. The van der Waals surface area contributed by atoms with Crippen LogP contribution in [0, 0.1) is 0 Å². The molecule has 0 saturated carbocycles. The van der Waals surface area contributed by atoms with Crippen molar-refractivity contribution in [1.82, 2.24) is 0 Å². The van der Waals surface area contributed by atoms with Crippen LogP contribution in [-0.2, 0) is 19.0 Å². The van der Waals surface area contributed by atoms with Crippen molar-refractivity contribution < 1.29 is 19.0 Å². The molecule has 2 fully saturated rings. The zero-order valence-electron chi connectivity index (χ0n) is 27.2. The van der Waals surface area contributed by atoms with Crippen LogP contribution < -0.4 is 0 Å². The number of ether oxygens (including phenoxy) is 3. The Morgan fingerprint density at radius 2 is 0.878 bits per heavy atom. The molecule has 3 heterocycles. The third-order valence-corrected chi connectivity index (χ3v) is 9.63. The fourth-order valence-corrected chi connectivity index (χ4v) is 6.78. The van der Waals surface area contributed by atoms with Gasteiger partial charge in [-0.3, -0.25) is 0 Å². The number of unbranched alkanes of at least 4 members (excludes halogenated alkanes) is 20. The fraction of sp³-hybridized carbons (Fsp3) is 0.919. The van der Waals surface area contributed by atoms with Crippen LogP contribution in [0.1, 0.15) is 187 Å². The summed E-state index contributed by atoms with van der Waals surface area (Å²) < 4.78 is 17.0. The zero-order chi connectivity index (χ0) is 29.0. The maximum atomic E-state index is 11.6. The SMILES string of the molecule is CCCCCCCCCCC1OC1CCC1OC1CCCCCCCCCCCCCCCCC1=CC(C)OC1=O. The molecule has 0 aromatic rings. The molecule has 5 unspecified atom stereocenters. The van der Waals surface area contributed by atoms with Gasteiger partial charge in [-0.25, -0.2) is 4.79 Å². The summed E-state index contributed by atoms with van der Waals surface area (Å²) in [4.78, 5) is 11.6. The van der Waals surface area contributed by atoms with Crippen molar-refractivity contribution in [2.45, 2.75) is 218 Å². The van der Waals surface area contributed by atoms with E-state index < -0.39 is 0 Å². The molecule has 0 aliphatic carbocycles. The summed E-state index contributed by atoms with van der Waals surface area (Å²) in [5, 5.41) is 0. The molecule has 2 saturated heterocycles. The minimum atomic E-state index is -0.0916. The summed E-state index contributed by atoms with van der Waals surface area (Å²) in [5.74, 6) is -0.0916. The highest BCUT2D eigenvalue weighted by molar-refractivity contribution is 5.90. The first-order chi connectivity index (χ1) is 20.2. The molecule has 0 radical (unpaired) electrons. The van der Waals surface area contributed by atoms with E-state index >= 15 is 0 Å². The molecular weight excluding hydrogens is 508 g/mol. The van der Waals surface area contributed by atoms with E-state index in [4.69, 9.17) is 14.2 Å². The van der Waals surface area contributed by atoms with Gasteiger partial charge in [-0.05, 0) is 51.5 Å². The van der Waals surface area contributed by atoms with E-state index in [-0.39, 0.29) is 12.1 Å². The van der Waals surface area contributed by atoms with Gasteiger partial charge in [-0.2, -0.15) is 0 Å². The molecule has 3 rings (SSSR count). The van der Waals surface area contributed by atoms with Gasteiger partial charge in [0.1, 0.15) is 6.10 Å². The number of hydrogen-bond acceptors (Lipinski definition) is 4. The molecule has 0 bridgehead atoms. The largest absolute Gasteiger partial charge is 0.455 e. The predicted octanol–water partition coefficient (Wildman–Crippen LogP) is 10.9. The van der Waals surface area contributed by atoms with Crippen LogP contribution in [-0.4, -0.2) is 36.5 Å². The van der Waals surface area contributed by atoms with Gasteiger partial charge in [-0.15, -0.1) is 0 Å². The van der Waals surface area contributed by atoms with E-state index in [1.165, 1.54) is 161 Å². The Balaban J connectivity index is 0.965. The predicted molar refractivity (Wildman–Crippen MR) is 171 cm³/mol. The normalized spacial score (nSPS) is 25.0. The van der Waals surface area contributed by atoms with Crippen LogP contribution in [0.3, 0.4) is 0 Å². The van der Waals surface area contributed by atoms with E-state index in [1.807, 2.05) is 13.0 Å². The molecule has 0 spiro atoms. The van der Waals surface area contributed by atoms with Crippen LogP contribution in [0.2, 0.25) is 0 Å². The summed E-state index contributed by atoms with van der Waals surface area (Å²) in [7, 11) is 0. The average Bonchev–Trinajstić information content (AvgIpc) is 3.87. The van der Waals surface area contributed by atoms with Crippen molar-refractivity contribution >= 4 is 5.97 Å². The number of esters is 1. The number of hydrogen-bond donors (Lipinski definition) is 0. The molecule has 41 heavy (non-hydrogen) atoms. The Hall–Kier alpha value is -0.870. The lowest BCUT2D eigenvalue weighted by atomic mass is 10.0. The lowest BCUT2D eigenvalue weighted by Crippen LogP contribution is -2.03. The summed E-state index contributed by atoms with van der Waals surface area (Å²) in [5.41, 5.74) is 0.898. The Morgan fingerprint density at radius 1 is 0.512 bits per heavy atom. The molecular formula is C37H66O4. The van der Waals surface area contributed by atoms with E-state index in [0.717, 1.165) is 18.4 Å². The average molecular weight is 575 g/mol. The summed E-state index contributed by atoms with van der Waals surface area (Å²) >= 11 is 0. The minimum Gasteiger partial charge on any atom is -0.455 e. The fourth-order valence-electron chi connectivity index (χ4n) is 6.78. The summed E-state index contributed by atoms with van der Waals surface area (Å²) in [6.07, 6.45) is 40.3. The smallest absolute Gasteiger partial charge is 0.334 e. The number of epoxide rings is 2. The van der Waals surface area contributed by atoms with Gasteiger partial charge in [0.15, 0.2) is 0 Å². The highest BCUT2D eigenvalue weighted by atomic mass is 16.6. The van der Waals surface area contributed by atoms with Gasteiger partial charge in [0, 0.05) is 5.57 Å². The molecule has 4 heteroatoms. The van der Waals surface area contributed by atoms with Crippen LogP contribution in [0.4, 0.5) is 0 Å². The minimum absolute atomic E-state index is 0.0200. The molecule has 5 atom stereocenters. The first kappa shape index (κ1) is 34.6. The van der Waals surface area contributed by atoms with Crippen LogP contribution in [0.15, 0.2) is 11.6 Å². The van der Waals surface area contributed by atoms with Crippen molar-refractivity contribution in [2.75, 3.05) is 0 Å². The standard InChI is InChI=1S/C37H66O4/c1-3-4-5-6-7-17-20-23-26-33-35(40-33)28-29-36-34(41-36)27-24-21-18-15-13-11-9-8-10-12-14-16-19-22-25-32-30-31(2)39-37(32)38/h30-31,33-36H,3-29H2,1-2H3. The lowest BCUT2D eigenvalue weighted by Gasteiger charge is -2.04. The van der Waals surface area contributed by atoms with Gasteiger partial charge < -0.3 is 14.2 Å². The molecule has 4 nitrogen and oxygen atoms in total. The van der Waals surface area contributed by atoms with Crippen LogP contribution in [0.5, 0.6) is 0 Å². The third-order valence-electron chi connectivity index (χ3n) is 9.63. The number of cyclic esters (lactones) is 1. The Bertz CT molecular complexity index is 703. The van der Waals surface area contributed by atoms with E-state index in [1.54, 1.807) is 0 Å². The van der Waals surface area contributed by atoms with E-state index in [9.17, 15) is 4.79 Å². The maximum Gasteiger partial charge on any atom is 0.334 e. The first-order valence-electron chi connectivity index (χ1n) is 18.4. The second-order valence-corrected chi connectivity index (χ2v) is 13.6. The molecule has 0 aromatic heterocycles. The molecule has 0 amide bonds. The second-order valence-electron chi connectivity index (χ2n) is 13.6. The molecule has 0 aromatic carbocycles. The van der Waals surface area contributed by atoms with E-state index in [2.05, 4.69) is 6.92 Å². The van der Waals surface area contributed by atoms with Crippen molar-refractivity contribution in [3.05, 3.63) is 11.6 Å².